The summed E-state index contributed by atoms with van der Waals surface area (Å²) in [6.07, 6.45) is 0. The molecule has 1 aliphatic heterocycles. The van der Waals surface area contributed by atoms with Gasteiger partial charge in [-0.25, -0.2) is 0 Å². The minimum absolute atomic E-state index is 0.0707. The van der Waals surface area contributed by atoms with Crippen LogP contribution >= 0.6 is 0 Å². The molecule has 1 aliphatic rings. The predicted molar refractivity (Wildman–Crippen MR) is 119 cm³/mol. The number of methoxy groups -OCH3 is 1. The van der Waals surface area contributed by atoms with Gasteiger partial charge in [0.05, 0.1) is 37.9 Å². The number of rotatable bonds is 9. The zero-order chi connectivity index (χ0) is 23.1. The average Bonchev–Trinajstić information content (AvgIpc) is 2.80. The molecule has 1 fully saturated rings. The van der Waals surface area contributed by atoms with Crippen LogP contribution in [0, 0.1) is 17.0 Å². The Labute approximate surface area is 187 Å². The highest BCUT2D eigenvalue weighted by atomic mass is 16.6. The van der Waals surface area contributed by atoms with Gasteiger partial charge in [0.2, 0.25) is 0 Å². The Morgan fingerprint density at radius 3 is 2.66 bits per heavy atom. The van der Waals surface area contributed by atoms with Crippen LogP contribution in [0.5, 0.6) is 11.5 Å². The number of nitro benzene ring substituents is 1. The summed E-state index contributed by atoms with van der Waals surface area (Å²) in [5, 5.41) is 14.2. The Hall–Kier alpha value is -3.17. The minimum atomic E-state index is -0.477. The van der Waals surface area contributed by atoms with Crippen LogP contribution in [0.4, 0.5) is 5.69 Å². The van der Waals surface area contributed by atoms with Gasteiger partial charge in [-0.05, 0) is 37.6 Å². The van der Waals surface area contributed by atoms with Crippen molar-refractivity contribution in [2.75, 3.05) is 46.6 Å². The molecule has 1 saturated heterocycles. The van der Waals surface area contributed by atoms with E-state index in [9.17, 15) is 14.9 Å². The van der Waals surface area contributed by atoms with E-state index in [1.807, 2.05) is 25.1 Å². The van der Waals surface area contributed by atoms with Crippen LogP contribution in [0.1, 0.15) is 34.5 Å². The maximum absolute atomic E-state index is 12.9. The van der Waals surface area contributed by atoms with E-state index in [1.165, 1.54) is 12.1 Å². The highest BCUT2D eigenvalue weighted by Crippen LogP contribution is 2.32. The summed E-state index contributed by atoms with van der Waals surface area (Å²) >= 11 is 0. The standard InChI is InChI=1S/C23H29N3O6/c1-4-32-21-9-8-17(14-22(21)30-3)20(25-10-12-31-13-11-25)15-24-23(27)18-6-5-7-19(16(18)2)26(28)29/h5-9,14,20H,4,10-13,15H2,1-3H3,(H,24,27). The summed E-state index contributed by atoms with van der Waals surface area (Å²) in [4.78, 5) is 25.9. The van der Waals surface area contributed by atoms with Gasteiger partial charge in [-0.3, -0.25) is 19.8 Å². The summed E-state index contributed by atoms with van der Waals surface area (Å²) in [6.45, 7) is 7.04. The van der Waals surface area contributed by atoms with Crippen LogP contribution < -0.4 is 14.8 Å². The molecule has 0 aromatic heterocycles. The topological polar surface area (TPSA) is 103 Å². The highest BCUT2D eigenvalue weighted by Gasteiger charge is 2.25. The number of nitrogens with zero attached hydrogens (tertiary/aromatic N) is 2. The SMILES string of the molecule is CCOc1ccc(C(CNC(=O)c2cccc([N+](=O)[O-])c2C)N2CCOCC2)cc1OC. The zero-order valence-electron chi connectivity index (χ0n) is 18.6. The summed E-state index contributed by atoms with van der Waals surface area (Å²) in [6, 6.07) is 10.2. The third-order valence-corrected chi connectivity index (χ3v) is 5.56. The lowest BCUT2D eigenvalue weighted by Crippen LogP contribution is -2.43. The number of ether oxygens (including phenoxy) is 3. The molecular weight excluding hydrogens is 414 g/mol. The molecule has 0 bridgehead atoms. The molecule has 1 amide bonds. The number of benzene rings is 2. The number of morpholine rings is 1. The van der Waals surface area contributed by atoms with Crippen LogP contribution in [0.15, 0.2) is 36.4 Å². The molecule has 0 saturated carbocycles. The Kier molecular flexibility index (Phi) is 8.02. The molecule has 1 heterocycles. The molecule has 2 aromatic carbocycles. The molecule has 0 spiro atoms. The fourth-order valence-corrected chi connectivity index (χ4v) is 3.86. The predicted octanol–water partition coefficient (Wildman–Crippen LogP) is 3.11. The Balaban J connectivity index is 1.84. The third-order valence-electron chi connectivity index (χ3n) is 5.56. The largest absolute Gasteiger partial charge is 0.493 e. The van der Waals surface area contributed by atoms with Gasteiger partial charge in [0.25, 0.3) is 11.6 Å². The van der Waals surface area contributed by atoms with Crippen LogP contribution in [-0.2, 0) is 4.74 Å². The number of hydrogen-bond acceptors (Lipinski definition) is 7. The van der Waals surface area contributed by atoms with Gasteiger partial charge in [-0.2, -0.15) is 0 Å². The molecule has 1 unspecified atom stereocenters. The van der Waals surface area contributed by atoms with E-state index in [1.54, 1.807) is 20.1 Å². The summed E-state index contributed by atoms with van der Waals surface area (Å²) in [7, 11) is 1.60. The first-order valence-electron chi connectivity index (χ1n) is 10.6. The fraction of sp³-hybridized carbons (Fsp3) is 0.435. The first-order chi connectivity index (χ1) is 15.5. The molecule has 32 heavy (non-hydrogen) atoms. The van der Waals surface area contributed by atoms with Crippen molar-refractivity contribution < 1.29 is 23.9 Å². The zero-order valence-corrected chi connectivity index (χ0v) is 18.6. The van der Waals surface area contributed by atoms with Crippen molar-refractivity contribution in [2.24, 2.45) is 0 Å². The molecule has 1 N–H and O–H groups in total. The summed E-state index contributed by atoms with van der Waals surface area (Å²) < 4.78 is 16.6. The van der Waals surface area contributed by atoms with E-state index >= 15 is 0 Å². The Morgan fingerprint density at radius 2 is 2.00 bits per heavy atom. The second kappa shape index (κ2) is 10.9. The van der Waals surface area contributed by atoms with Crippen molar-refractivity contribution in [1.29, 1.82) is 0 Å². The molecule has 9 heteroatoms. The van der Waals surface area contributed by atoms with Crippen LogP contribution in [0.2, 0.25) is 0 Å². The van der Waals surface area contributed by atoms with Crippen LogP contribution in [0.3, 0.4) is 0 Å². The van der Waals surface area contributed by atoms with E-state index < -0.39 is 4.92 Å². The molecule has 0 aliphatic carbocycles. The number of carbonyl (C=O) groups is 1. The first kappa shape index (κ1) is 23.5. The van der Waals surface area contributed by atoms with Crippen LogP contribution in [0.25, 0.3) is 0 Å². The van der Waals surface area contributed by atoms with E-state index in [-0.39, 0.29) is 17.6 Å². The smallest absolute Gasteiger partial charge is 0.273 e. The quantitative estimate of drug-likeness (QED) is 0.469. The van der Waals surface area contributed by atoms with Crippen molar-refractivity contribution in [3.63, 3.8) is 0 Å². The number of carbonyl (C=O) groups excluding carboxylic acids is 1. The van der Waals surface area contributed by atoms with Gasteiger partial charge in [0.1, 0.15) is 0 Å². The van der Waals surface area contributed by atoms with E-state index in [0.717, 1.165) is 18.7 Å². The molecular formula is C23H29N3O6. The van der Waals surface area contributed by atoms with Gasteiger partial charge >= 0.3 is 0 Å². The molecule has 1 atom stereocenters. The Morgan fingerprint density at radius 1 is 1.25 bits per heavy atom. The van der Waals surface area contributed by atoms with E-state index in [0.29, 0.717) is 49.0 Å². The molecule has 0 radical (unpaired) electrons. The number of hydrogen-bond donors (Lipinski definition) is 1. The third kappa shape index (κ3) is 5.35. The van der Waals surface area contributed by atoms with E-state index in [4.69, 9.17) is 14.2 Å². The Bertz CT molecular complexity index is 959. The summed E-state index contributed by atoms with van der Waals surface area (Å²) in [5.41, 5.74) is 1.55. The maximum Gasteiger partial charge on any atom is 0.273 e. The number of nitro groups is 1. The van der Waals surface area contributed by atoms with Gasteiger partial charge < -0.3 is 19.5 Å². The van der Waals surface area contributed by atoms with Gasteiger partial charge in [-0.15, -0.1) is 0 Å². The molecule has 3 rings (SSSR count). The maximum atomic E-state index is 12.9. The normalized spacial score (nSPS) is 15.1. The second-order valence-electron chi connectivity index (χ2n) is 7.42. The molecule has 2 aromatic rings. The van der Waals surface area contributed by atoms with Gasteiger partial charge in [0, 0.05) is 36.8 Å². The van der Waals surface area contributed by atoms with E-state index in [2.05, 4.69) is 10.2 Å². The van der Waals surface area contributed by atoms with Crippen molar-refractivity contribution in [2.45, 2.75) is 19.9 Å². The fourth-order valence-electron chi connectivity index (χ4n) is 3.86. The molecule has 9 nitrogen and oxygen atoms in total. The number of amides is 1. The molecule has 172 valence electrons. The monoisotopic (exact) mass is 443 g/mol. The lowest BCUT2D eigenvalue weighted by Gasteiger charge is -2.35. The highest BCUT2D eigenvalue weighted by molar-refractivity contribution is 5.96. The minimum Gasteiger partial charge on any atom is -0.493 e. The lowest BCUT2D eigenvalue weighted by molar-refractivity contribution is -0.385. The van der Waals surface area contributed by atoms with Gasteiger partial charge in [0.15, 0.2) is 11.5 Å². The average molecular weight is 444 g/mol. The van der Waals surface area contributed by atoms with Gasteiger partial charge in [-0.1, -0.05) is 12.1 Å². The van der Waals surface area contributed by atoms with Crippen molar-refractivity contribution >= 4 is 11.6 Å². The van der Waals surface area contributed by atoms with Crippen LogP contribution in [-0.4, -0.2) is 62.3 Å². The summed E-state index contributed by atoms with van der Waals surface area (Å²) in [5.74, 6) is 0.946. The van der Waals surface area contributed by atoms with Crippen molar-refractivity contribution in [3.8, 4) is 11.5 Å². The number of nitrogens with one attached hydrogen (secondary N) is 1. The first-order valence-corrected chi connectivity index (χ1v) is 10.6. The second-order valence-corrected chi connectivity index (χ2v) is 7.42. The van der Waals surface area contributed by atoms with Crippen molar-refractivity contribution in [3.05, 3.63) is 63.2 Å². The lowest BCUT2D eigenvalue weighted by atomic mass is 10.0. The van der Waals surface area contributed by atoms with Crippen molar-refractivity contribution in [1.82, 2.24) is 10.2 Å².